The van der Waals surface area contributed by atoms with Crippen molar-refractivity contribution in [3.8, 4) is 12.3 Å². The third-order valence-electron chi connectivity index (χ3n) is 1.35. The number of hydrogen-bond acceptors (Lipinski definition) is 2. The first-order valence-electron chi connectivity index (χ1n) is 3.03. The minimum absolute atomic E-state index is 0.225. The summed E-state index contributed by atoms with van der Waals surface area (Å²) in [4.78, 5) is 10.8. The van der Waals surface area contributed by atoms with Crippen LogP contribution in [0, 0.1) is 12.3 Å². The van der Waals surface area contributed by atoms with Crippen molar-refractivity contribution in [2.45, 2.75) is 18.9 Å². The van der Waals surface area contributed by atoms with E-state index in [-0.39, 0.29) is 6.42 Å². The van der Waals surface area contributed by atoms with Gasteiger partial charge >= 0.3 is 0 Å². The molecule has 0 spiro atoms. The molecule has 10 heavy (non-hydrogen) atoms. The van der Waals surface area contributed by atoms with Crippen molar-refractivity contribution in [1.82, 2.24) is 5.32 Å². The molecule has 0 fully saturated rings. The first-order valence-corrected chi connectivity index (χ1v) is 3.03. The maximum absolute atomic E-state index is 10.8. The van der Waals surface area contributed by atoms with Gasteiger partial charge in [0, 0.05) is 7.05 Å². The van der Waals surface area contributed by atoms with Crippen molar-refractivity contribution in [2.24, 2.45) is 0 Å². The number of amides is 1. The summed E-state index contributed by atoms with van der Waals surface area (Å²) in [6, 6.07) is 0. The first kappa shape index (κ1) is 8.99. The van der Waals surface area contributed by atoms with Gasteiger partial charge in [0.15, 0.2) is 0 Å². The Morgan fingerprint density at radius 2 is 2.40 bits per heavy atom. The van der Waals surface area contributed by atoms with Gasteiger partial charge in [-0.2, -0.15) is 0 Å². The average molecular weight is 141 g/mol. The van der Waals surface area contributed by atoms with Gasteiger partial charge in [-0.3, -0.25) is 4.79 Å². The van der Waals surface area contributed by atoms with Crippen molar-refractivity contribution in [1.29, 1.82) is 0 Å². The van der Waals surface area contributed by atoms with Crippen LogP contribution in [0.25, 0.3) is 0 Å². The Morgan fingerprint density at radius 1 is 1.90 bits per heavy atom. The number of nitrogens with one attached hydrogen (secondary N) is 1. The average Bonchev–Trinajstić information content (AvgIpc) is 2.01. The summed E-state index contributed by atoms with van der Waals surface area (Å²) in [6.07, 6.45) is 5.16. The Bertz CT molecular complexity index is 171. The Hall–Kier alpha value is -1.01. The van der Waals surface area contributed by atoms with Gasteiger partial charge < -0.3 is 10.4 Å². The van der Waals surface area contributed by atoms with E-state index in [1.54, 1.807) is 6.92 Å². The zero-order valence-electron chi connectivity index (χ0n) is 6.14. The molecule has 0 aliphatic carbocycles. The van der Waals surface area contributed by atoms with Crippen LogP contribution in [0.5, 0.6) is 0 Å². The van der Waals surface area contributed by atoms with Crippen molar-refractivity contribution >= 4 is 5.91 Å². The lowest BCUT2D eigenvalue weighted by molar-refractivity contribution is -0.134. The van der Waals surface area contributed by atoms with Gasteiger partial charge in [0.25, 0.3) is 5.91 Å². The lowest BCUT2D eigenvalue weighted by Gasteiger charge is -2.16. The van der Waals surface area contributed by atoms with Crippen LogP contribution in [0.15, 0.2) is 0 Å². The number of hydrogen-bond donors (Lipinski definition) is 2. The van der Waals surface area contributed by atoms with Crippen LogP contribution in [0.3, 0.4) is 0 Å². The monoisotopic (exact) mass is 141 g/mol. The largest absolute Gasteiger partial charge is 0.369 e. The molecule has 0 aromatic rings. The van der Waals surface area contributed by atoms with Crippen LogP contribution >= 0.6 is 0 Å². The number of likely N-dealkylation sites (N-methyl/N-ethyl adjacent to an activating group) is 1. The van der Waals surface area contributed by atoms with E-state index in [0.717, 1.165) is 0 Å². The zero-order valence-corrected chi connectivity index (χ0v) is 6.14. The van der Waals surface area contributed by atoms with Crippen LogP contribution in [0.2, 0.25) is 0 Å². The molecule has 2 N–H and O–H groups in total. The molecule has 0 rings (SSSR count). The number of terminal acetylenes is 1. The summed E-state index contributed by atoms with van der Waals surface area (Å²) < 4.78 is 0. The molecule has 1 amide bonds. The van der Waals surface area contributed by atoms with Gasteiger partial charge in [-0.15, -0.1) is 6.42 Å². The van der Waals surface area contributed by atoms with Gasteiger partial charge in [-0.1, -0.05) is 12.8 Å². The highest BCUT2D eigenvalue weighted by Crippen LogP contribution is 2.06. The molecule has 0 saturated carbocycles. The Morgan fingerprint density at radius 3 is 2.50 bits per heavy atom. The third kappa shape index (κ3) is 1.49. The maximum Gasteiger partial charge on any atom is 0.264 e. The molecule has 0 radical (unpaired) electrons. The van der Waals surface area contributed by atoms with Crippen molar-refractivity contribution in [3.05, 3.63) is 0 Å². The first-order chi connectivity index (χ1) is 4.60. The molecule has 0 aromatic carbocycles. The molecule has 0 aromatic heterocycles. The van der Waals surface area contributed by atoms with Gasteiger partial charge in [0.05, 0.1) is 0 Å². The van der Waals surface area contributed by atoms with Crippen LogP contribution in [-0.4, -0.2) is 23.7 Å². The molecular weight excluding hydrogens is 130 g/mol. The van der Waals surface area contributed by atoms with Crippen LogP contribution < -0.4 is 5.32 Å². The second kappa shape index (κ2) is 3.23. The summed E-state index contributed by atoms with van der Waals surface area (Å²) >= 11 is 0. The van der Waals surface area contributed by atoms with Gasteiger partial charge in [-0.05, 0) is 6.42 Å². The predicted molar refractivity (Wildman–Crippen MR) is 38.1 cm³/mol. The zero-order chi connectivity index (χ0) is 8.20. The van der Waals surface area contributed by atoms with Crippen molar-refractivity contribution in [3.63, 3.8) is 0 Å². The second-order valence-electron chi connectivity index (χ2n) is 1.94. The van der Waals surface area contributed by atoms with E-state index >= 15 is 0 Å². The highest BCUT2D eigenvalue weighted by Gasteiger charge is 2.29. The number of carbonyl (C=O) groups is 1. The predicted octanol–water partition coefficient (Wildman–Crippen LogP) is -0.493. The molecule has 56 valence electrons. The molecular formula is C7H11NO2. The molecule has 0 bridgehead atoms. The molecule has 3 heteroatoms. The SMILES string of the molecule is C#CC(O)(CC)C(=O)NC. The van der Waals surface area contributed by atoms with E-state index in [1.165, 1.54) is 7.05 Å². The van der Waals surface area contributed by atoms with Crippen LogP contribution in [-0.2, 0) is 4.79 Å². The summed E-state index contributed by atoms with van der Waals surface area (Å²) in [6.45, 7) is 1.65. The molecule has 0 saturated heterocycles. The topological polar surface area (TPSA) is 49.3 Å². The fraction of sp³-hybridized carbons (Fsp3) is 0.571. The molecule has 1 unspecified atom stereocenters. The van der Waals surface area contributed by atoms with E-state index in [9.17, 15) is 9.90 Å². The minimum Gasteiger partial charge on any atom is -0.369 e. The molecule has 0 aliphatic heterocycles. The van der Waals surface area contributed by atoms with E-state index in [0.29, 0.717) is 0 Å². The van der Waals surface area contributed by atoms with Gasteiger partial charge in [0.1, 0.15) is 0 Å². The smallest absolute Gasteiger partial charge is 0.264 e. The highest BCUT2D eigenvalue weighted by molar-refractivity contribution is 5.87. The molecule has 0 aliphatic rings. The Labute approximate surface area is 60.4 Å². The summed E-state index contributed by atoms with van der Waals surface area (Å²) in [5.41, 5.74) is -1.63. The fourth-order valence-electron chi connectivity index (χ4n) is 0.535. The molecule has 1 atom stereocenters. The highest BCUT2D eigenvalue weighted by atomic mass is 16.3. The standard InChI is InChI=1S/C7H11NO2/c1-4-7(10,5-2)6(9)8-3/h1,10H,5H2,2-3H3,(H,8,9). The maximum atomic E-state index is 10.8. The third-order valence-corrected chi connectivity index (χ3v) is 1.35. The molecule has 3 nitrogen and oxygen atoms in total. The lowest BCUT2D eigenvalue weighted by atomic mass is 10.0. The lowest BCUT2D eigenvalue weighted by Crippen LogP contribution is -2.43. The second-order valence-corrected chi connectivity index (χ2v) is 1.94. The normalized spacial score (nSPS) is 15.0. The van der Waals surface area contributed by atoms with E-state index in [2.05, 4.69) is 5.32 Å². The summed E-state index contributed by atoms with van der Waals surface area (Å²) in [7, 11) is 1.43. The van der Waals surface area contributed by atoms with Crippen LogP contribution in [0.1, 0.15) is 13.3 Å². The number of aliphatic hydroxyl groups is 1. The fourth-order valence-corrected chi connectivity index (χ4v) is 0.535. The summed E-state index contributed by atoms with van der Waals surface area (Å²) in [5, 5.41) is 11.5. The minimum atomic E-state index is -1.63. The number of carbonyl (C=O) groups excluding carboxylic acids is 1. The van der Waals surface area contributed by atoms with Crippen molar-refractivity contribution < 1.29 is 9.90 Å². The van der Waals surface area contributed by atoms with Crippen molar-refractivity contribution in [2.75, 3.05) is 7.05 Å². The van der Waals surface area contributed by atoms with E-state index < -0.39 is 11.5 Å². The van der Waals surface area contributed by atoms with Crippen LogP contribution in [0.4, 0.5) is 0 Å². The number of rotatable bonds is 2. The van der Waals surface area contributed by atoms with Gasteiger partial charge in [0.2, 0.25) is 5.60 Å². The summed E-state index contributed by atoms with van der Waals surface area (Å²) in [5.74, 6) is 1.49. The quantitative estimate of drug-likeness (QED) is 0.510. The van der Waals surface area contributed by atoms with E-state index in [4.69, 9.17) is 6.42 Å². The molecule has 0 heterocycles. The Balaban J connectivity index is 4.37. The Kier molecular flexibility index (Phi) is 2.91. The van der Waals surface area contributed by atoms with E-state index in [1.807, 2.05) is 5.92 Å². The van der Waals surface area contributed by atoms with Gasteiger partial charge in [-0.25, -0.2) is 0 Å².